The molecule has 1 saturated heterocycles. The molecule has 2 aromatic rings. The van der Waals surface area contributed by atoms with Gasteiger partial charge >= 0.3 is 0 Å². The second kappa shape index (κ2) is 2.64. The minimum atomic E-state index is 0.606. The molecule has 1 aromatic carbocycles. The summed E-state index contributed by atoms with van der Waals surface area (Å²) >= 11 is 0. The predicted molar refractivity (Wildman–Crippen MR) is 60.9 cm³/mol. The standard InChI is InChI=1S/C13H14N2/c1-2-4-10-9(3-1)13-11-6-5-8(14-11)7-12(13)15-10/h1-4,8,11,14-15H,5-7H2/t8-,11+/m1/s1. The first-order valence-corrected chi connectivity index (χ1v) is 5.77. The topological polar surface area (TPSA) is 27.8 Å². The van der Waals surface area contributed by atoms with Gasteiger partial charge in [0.2, 0.25) is 0 Å². The third-order valence-electron chi connectivity index (χ3n) is 3.87. The van der Waals surface area contributed by atoms with Crippen molar-refractivity contribution >= 4 is 10.9 Å². The highest BCUT2D eigenvalue weighted by atomic mass is 15.0. The van der Waals surface area contributed by atoms with Crippen LogP contribution in [0.15, 0.2) is 24.3 Å². The van der Waals surface area contributed by atoms with Crippen LogP contribution in [-0.4, -0.2) is 11.0 Å². The van der Waals surface area contributed by atoms with Gasteiger partial charge in [0, 0.05) is 35.1 Å². The minimum absolute atomic E-state index is 0.606. The third-order valence-corrected chi connectivity index (χ3v) is 3.87. The number of hydrogen-bond acceptors (Lipinski definition) is 1. The van der Waals surface area contributed by atoms with E-state index in [1.807, 2.05) is 0 Å². The lowest BCUT2D eigenvalue weighted by molar-refractivity contribution is 0.513. The second-order valence-electron chi connectivity index (χ2n) is 4.76. The van der Waals surface area contributed by atoms with Crippen LogP contribution in [0.4, 0.5) is 0 Å². The summed E-state index contributed by atoms with van der Waals surface area (Å²) in [6.45, 7) is 0. The van der Waals surface area contributed by atoms with Gasteiger partial charge in [-0.15, -0.1) is 0 Å². The number of benzene rings is 1. The second-order valence-corrected chi connectivity index (χ2v) is 4.76. The van der Waals surface area contributed by atoms with Crippen molar-refractivity contribution in [3.05, 3.63) is 35.5 Å². The molecule has 2 atom stereocenters. The summed E-state index contributed by atoms with van der Waals surface area (Å²) in [7, 11) is 0. The smallest absolute Gasteiger partial charge is 0.0459 e. The molecule has 3 heterocycles. The first-order valence-electron chi connectivity index (χ1n) is 5.77. The number of hydrogen-bond donors (Lipinski definition) is 2. The maximum absolute atomic E-state index is 3.70. The molecule has 2 aliphatic heterocycles. The summed E-state index contributed by atoms with van der Waals surface area (Å²) in [6.07, 6.45) is 3.82. The molecule has 0 spiro atoms. The zero-order chi connectivity index (χ0) is 9.83. The Labute approximate surface area is 88.7 Å². The van der Waals surface area contributed by atoms with Gasteiger partial charge in [0.15, 0.2) is 0 Å². The van der Waals surface area contributed by atoms with Crippen LogP contribution in [0.2, 0.25) is 0 Å². The Morgan fingerprint density at radius 2 is 2.07 bits per heavy atom. The quantitative estimate of drug-likeness (QED) is 0.669. The van der Waals surface area contributed by atoms with Crippen molar-refractivity contribution in [1.82, 2.24) is 10.3 Å². The molecule has 0 radical (unpaired) electrons. The van der Waals surface area contributed by atoms with E-state index < -0.39 is 0 Å². The molecule has 2 bridgehead atoms. The fourth-order valence-corrected chi connectivity index (χ4v) is 3.23. The van der Waals surface area contributed by atoms with Crippen LogP contribution in [0.1, 0.15) is 30.1 Å². The van der Waals surface area contributed by atoms with E-state index in [0.29, 0.717) is 6.04 Å². The van der Waals surface area contributed by atoms with Gasteiger partial charge in [-0.2, -0.15) is 0 Å². The van der Waals surface area contributed by atoms with Gasteiger partial charge in [-0.05, 0) is 24.5 Å². The summed E-state index contributed by atoms with van der Waals surface area (Å²) in [5.41, 5.74) is 4.32. The van der Waals surface area contributed by atoms with Crippen molar-refractivity contribution in [2.75, 3.05) is 0 Å². The SMILES string of the molecule is c1ccc2c3c([nH]c2c1)C[C@H]1CC[C@@H]3N1. The monoisotopic (exact) mass is 198 g/mol. The van der Waals surface area contributed by atoms with E-state index in [4.69, 9.17) is 0 Å². The van der Waals surface area contributed by atoms with E-state index in [0.717, 1.165) is 6.04 Å². The Hall–Kier alpha value is -1.28. The Morgan fingerprint density at radius 3 is 3.07 bits per heavy atom. The van der Waals surface area contributed by atoms with E-state index in [2.05, 4.69) is 34.6 Å². The minimum Gasteiger partial charge on any atom is -0.358 e. The van der Waals surface area contributed by atoms with Crippen molar-refractivity contribution in [2.45, 2.75) is 31.3 Å². The molecule has 2 heteroatoms. The number of aromatic nitrogens is 1. The molecular weight excluding hydrogens is 184 g/mol. The Balaban J connectivity index is 2.05. The number of H-pyrrole nitrogens is 1. The number of fused-ring (bicyclic) bond motifs is 6. The molecule has 0 saturated carbocycles. The van der Waals surface area contributed by atoms with Gasteiger partial charge in [-0.25, -0.2) is 0 Å². The van der Waals surface area contributed by atoms with Crippen LogP contribution in [0.5, 0.6) is 0 Å². The fraction of sp³-hybridized carbons (Fsp3) is 0.385. The molecule has 1 fully saturated rings. The average Bonchev–Trinajstić information content (AvgIpc) is 2.80. The Kier molecular flexibility index (Phi) is 1.40. The van der Waals surface area contributed by atoms with Gasteiger partial charge in [0.25, 0.3) is 0 Å². The summed E-state index contributed by atoms with van der Waals surface area (Å²) in [4.78, 5) is 3.58. The zero-order valence-electron chi connectivity index (χ0n) is 8.59. The Morgan fingerprint density at radius 1 is 1.13 bits per heavy atom. The third kappa shape index (κ3) is 0.975. The summed E-state index contributed by atoms with van der Waals surface area (Å²) in [6, 6.07) is 9.99. The van der Waals surface area contributed by atoms with Crippen LogP contribution >= 0.6 is 0 Å². The molecule has 76 valence electrons. The van der Waals surface area contributed by atoms with E-state index in [1.165, 1.54) is 35.9 Å². The molecule has 2 nitrogen and oxygen atoms in total. The lowest BCUT2D eigenvalue weighted by atomic mass is 9.99. The molecule has 2 aliphatic rings. The van der Waals surface area contributed by atoms with Crippen LogP contribution < -0.4 is 5.32 Å². The maximum atomic E-state index is 3.70. The number of nitrogens with one attached hydrogen (secondary N) is 2. The molecule has 4 rings (SSSR count). The average molecular weight is 198 g/mol. The largest absolute Gasteiger partial charge is 0.358 e. The van der Waals surface area contributed by atoms with Gasteiger partial charge in [0.1, 0.15) is 0 Å². The normalized spacial score (nSPS) is 28.3. The Bertz CT molecular complexity index is 526. The molecule has 1 aromatic heterocycles. The van der Waals surface area contributed by atoms with Gasteiger partial charge < -0.3 is 10.3 Å². The van der Waals surface area contributed by atoms with Crippen LogP contribution in [0, 0.1) is 0 Å². The van der Waals surface area contributed by atoms with Gasteiger partial charge in [-0.1, -0.05) is 18.2 Å². The van der Waals surface area contributed by atoms with Crippen molar-refractivity contribution in [3.8, 4) is 0 Å². The lowest BCUT2D eigenvalue weighted by Crippen LogP contribution is -2.31. The van der Waals surface area contributed by atoms with Crippen molar-refractivity contribution in [2.24, 2.45) is 0 Å². The van der Waals surface area contributed by atoms with Crippen molar-refractivity contribution in [1.29, 1.82) is 0 Å². The summed E-state index contributed by atoms with van der Waals surface area (Å²) in [5, 5.41) is 5.13. The summed E-state index contributed by atoms with van der Waals surface area (Å²) < 4.78 is 0. The fourth-order valence-electron chi connectivity index (χ4n) is 3.23. The predicted octanol–water partition coefficient (Wildman–Crippen LogP) is 2.52. The zero-order valence-corrected chi connectivity index (χ0v) is 8.59. The van der Waals surface area contributed by atoms with E-state index in [9.17, 15) is 0 Å². The molecule has 0 aliphatic carbocycles. The number of rotatable bonds is 0. The van der Waals surface area contributed by atoms with Crippen LogP contribution in [0.25, 0.3) is 10.9 Å². The number of para-hydroxylation sites is 1. The van der Waals surface area contributed by atoms with Crippen molar-refractivity contribution in [3.63, 3.8) is 0 Å². The van der Waals surface area contributed by atoms with E-state index in [1.54, 1.807) is 5.56 Å². The van der Waals surface area contributed by atoms with Gasteiger partial charge in [0.05, 0.1) is 0 Å². The maximum Gasteiger partial charge on any atom is 0.0459 e. The highest BCUT2D eigenvalue weighted by Crippen LogP contribution is 2.39. The van der Waals surface area contributed by atoms with E-state index in [-0.39, 0.29) is 0 Å². The molecule has 0 amide bonds. The first kappa shape index (κ1) is 7.94. The molecule has 15 heavy (non-hydrogen) atoms. The molecule has 0 unspecified atom stereocenters. The van der Waals surface area contributed by atoms with Crippen LogP contribution in [0.3, 0.4) is 0 Å². The highest BCUT2D eigenvalue weighted by Gasteiger charge is 2.34. The van der Waals surface area contributed by atoms with Crippen molar-refractivity contribution < 1.29 is 0 Å². The summed E-state index contributed by atoms with van der Waals surface area (Å²) in [5.74, 6) is 0. The lowest BCUT2D eigenvalue weighted by Gasteiger charge is -2.21. The van der Waals surface area contributed by atoms with Gasteiger partial charge in [-0.3, -0.25) is 0 Å². The van der Waals surface area contributed by atoms with E-state index >= 15 is 0 Å². The molecule has 2 N–H and O–H groups in total. The van der Waals surface area contributed by atoms with Crippen LogP contribution in [-0.2, 0) is 6.42 Å². The molecular formula is C13H14N2. The number of aromatic amines is 1. The first-order chi connectivity index (χ1) is 7.42. The highest BCUT2D eigenvalue weighted by molar-refractivity contribution is 5.85.